The lowest BCUT2D eigenvalue weighted by Gasteiger charge is -2.09. The molecule has 0 fully saturated rings. The van der Waals surface area contributed by atoms with Crippen molar-refractivity contribution in [2.75, 3.05) is 0 Å². The van der Waals surface area contributed by atoms with Crippen LogP contribution in [-0.2, 0) is 6.54 Å². The number of rotatable bonds is 5. The standard InChI is InChI=1S/C14H19N3O/c1-3-14(15)11-5-7-12(8-6-11)18-13-9-16-17(4-2)10-13/h5-10,14H,3-4,15H2,1-2H3/t14-/m0/s1. The Morgan fingerprint density at radius 1 is 1.22 bits per heavy atom. The third-order valence-corrected chi connectivity index (χ3v) is 2.92. The summed E-state index contributed by atoms with van der Waals surface area (Å²) in [7, 11) is 0. The molecule has 0 radical (unpaired) electrons. The molecule has 0 unspecified atom stereocenters. The quantitative estimate of drug-likeness (QED) is 0.880. The molecule has 18 heavy (non-hydrogen) atoms. The van der Waals surface area contributed by atoms with Crippen molar-refractivity contribution in [1.29, 1.82) is 0 Å². The van der Waals surface area contributed by atoms with Gasteiger partial charge in [-0.15, -0.1) is 0 Å². The normalized spacial score (nSPS) is 12.4. The zero-order valence-electron chi connectivity index (χ0n) is 10.8. The second kappa shape index (κ2) is 5.69. The van der Waals surface area contributed by atoms with Crippen LogP contribution in [0.5, 0.6) is 11.5 Å². The Kier molecular flexibility index (Phi) is 3.99. The lowest BCUT2D eigenvalue weighted by molar-refractivity contribution is 0.480. The molecule has 96 valence electrons. The van der Waals surface area contributed by atoms with Gasteiger partial charge in [-0.05, 0) is 31.0 Å². The first-order chi connectivity index (χ1) is 8.72. The van der Waals surface area contributed by atoms with Crippen LogP contribution in [0.2, 0.25) is 0 Å². The van der Waals surface area contributed by atoms with Crippen molar-refractivity contribution in [3.05, 3.63) is 42.2 Å². The van der Waals surface area contributed by atoms with Gasteiger partial charge in [-0.2, -0.15) is 5.10 Å². The predicted octanol–water partition coefficient (Wildman–Crippen LogP) is 3.11. The van der Waals surface area contributed by atoms with Gasteiger partial charge in [0, 0.05) is 12.6 Å². The highest BCUT2D eigenvalue weighted by Crippen LogP contribution is 2.23. The molecule has 0 saturated heterocycles. The monoisotopic (exact) mass is 245 g/mol. The molecule has 0 bridgehead atoms. The van der Waals surface area contributed by atoms with Gasteiger partial charge in [0.05, 0.1) is 12.4 Å². The molecule has 1 aromatic carbocycles. The number of nitrogens with zero attached hydrogens (tertiary/aromatic N) is 2. The van der Waals surface area contributed by atoms with E-state index in [-0.39, 0.29) is 6.04 Å². The summed E-state index contributed by atoms with van der Waals surface area (Å²) in [5.74, 6) is 1.56. The van der Waals surface area contributed by atoms with Crippen LogP contribution in [0.25, 0.3) is 0 Å². The molecule has 0 saturated carbocycles. The molecule has 4 heteroatoms. The highest BCUT2D eigenvalue weighted by atomic mass is 16.5. The van der Waals surface area contributed by atoms with E-state index in [1.165, 1.54) is 0 Å². The van der Waals surface area contributed by atoms with Crippen LogP contribution in [0.15, 0.2) is 36.7 Å². The van der Waals surface area contributed by atoms with Gasteiger partial charge in [-0.3, -0.25) is 4.68 Å². The summed E-state index contributed by atoms with van der Waals surface area (Å²) < 4.78 is 7.54. The van der Waals surface area contributed by atoms with E-state index in [1.54, 1.807) is 6.20 Å². The predicted molar refractivity (Wildman–Crippen MR) is 71.6 cm³/mol. The highest BCUT2D eigenvalue weighted by Gasteiger charge is 2.04. The summed E-state index contributed by atoms with van der Waals surface area (Å²) in [6.07, 6.45) is 4.53. The number of benzene rings is 1. The van der Waals surface area contributed by atoms with Crippen molar-refractivity contribution < 1.29 is 4.74 Å². The minimum Gasteiger partial charge on any atom is -0.454 e. The number of hydrogen-bond acceptors (Lipinski definition) is 3. The molecule has 0 aliphatic carbocycles. The first-order valence-electron chi connectivity index (χ1n) is 6.28. The second-order valence-corrected chi connectivity index (χ2v) is 4.22. The van der Waals surface area contributed by atoms with Crippen LogP contribution >= 0.6 is 0 Å². The first-order valence-corrected chi connectivity index (χ1v) is 6.28. The summed E-state index contributed by atoms with van der Waals surface area (Å²) in [5, 5.41) is 4.16. The maximum Gasteiger partial charge on any atom is 0.165 e. The number of nitrogens with two attached hydrogens (primary N) is 1. The van der Waals surface area contributed by atoms with E-state index in [9.17, 15) is 0 Å². The Morgan fingerprint density at radius 2 is 1.94 bits per heavy atom. The molecule has 0 aliphatic heterocycles. The average molecular weight is 245 g/mol. The van der Waals surface area contributed by atoms with Gasteiger partial charge in [-0.25, -0.2) is 0 Å². The summed E-state index contributed by atoms with van der Waals surface area (Å²) in [5.41, 5.74) is 7.10. The van der Waals surface area contributed by atoms with Gasteiger partial charge in [0.2, 0.25) is 0 Å². The summed E-state index contributed by atoms with van der Waals surface area (Å²) in [6.45, 7) is 4.96. The SMILES string of the molecule is CC[C@H](N)c1ccc(Oc2cnn(CC)c2)cc1. The molecule has 0 amide bonds. The van der Waals surface area contributed by atoms with Crippen molar-refractivity contribution >= 4 is 0 Å². The maximum absolute atomic E-state index is 5.96. The Labute approximate surface area is 107 Å². The van der Waals surface area contributed by atoms with E-state index in [1.807, 2.05) is 42.1 Å². The lowest BCUT2D eigenvalue weighted by atomic mass is 10.1. The molecular weight excluding hydrogens is 226 g/mol. The molecule has 2 aromatic rings. The van der Waals surface area contributed by atoms with E-state index >= 15 is 0 Å². The highest BCUT2D eigenvalue weighted by molar-refractivity contribution is 5.32. The Hall–Kier alpha value is -1.81. The molecule has 1 heterocycles. The van der Waals surface area contributed by atoms with Crippen LogP contribution < -0.4 is 10.5 Å². The Balaban J connectivity index is 2.06. The number of ether oxygens (including phenoxy) is 1. The molecule has 1 aromatic heterocycles. The van der Waals surface area contributed by atoms with E-state index in [2.05, 4.69) is 12.0 Å². The minimum absolute atomic E-state index is 0.0990. The van der Waals surface area contributed by atoms with E-state index < -0.39 is 0 Å². The van der Waals surface area contributed by atoms with E-state index in [0.717, 1.165) is 30.0 Å². The summed E-state index contributed by atoms with van der Waals surface area (Å²) in [6, 6.07) is 7.99. The molecule has 2 rings (SSSR count). The Morgan fingerprint density at radius 3 is 2.50 bits per heavy atom. The molecule has 0 spiro atoms. The third kappa shape index (κ3) is 2.90. The first kappa shape index (κ1) is 12.6. The van der Waals surface area contributed by atoms with Crippen molar-refractivity contribution in [3.8, 4) is 11.5 Å². The average Bonchev–Trinajstić information content (AvgIpc) is 2.86. The fourth-order valence-electron chi connectivity index (χ4n) is 1.73. The fraction of sp³-hybridized carbons (Fsp3) is 0.357. The molecule has 0 aliphatic rings. The van der Waals surface area contributed by atoms with Crippen LogP contribution in [0.4, 0.5) is 0 Å². The summed E-state index contributed by atoms with van der Waals surface area (Å²) in [4.78, 5) is 0. The third-order valence-electron chi connectivity index (χ3n) is 2.92. The zero-order valence-corrected chi connectivity index (χ0v) is 10.8. The van der Waals surface area contributed by atoms with Crippen LogP contribution in [0, 0.1) is 0 Å². The number of aryl methyl sites for hydroxylation is 1. The molecule has 4 nitrogen and oxygen atoms in total. The van der Waals surface area contributed by atoms with Gasteiger partial charge in [0.25, 0.3) is 0 Å². The van der Waals surface area contributed by atoms with Crippen LogP contribution in [-0.4, -0.2) is 9.78 Å². The van der Waals surface area contributed by atoms with Crippen molar-refractivity contribution in [2.45, 2.75) is 32.9 Å². The van der Waals surface area contributed by atoms with Gasteiger partial charge in [0.15, 0.2) is 5.75 Å². The van der Waals surface area contributed by atoms with Crippen LogP contribution in [0.3, 0.4) is 0 Å². The zero-order chi connectivity index (χ0) is 13.0. The number of aromatic nitrogens is 2. The largest absolute Gasteiger partial charge is 0.454 e. The van der Waals surface area contributed by atoms with E-state index in [0.29, 0.717) is 0 Å². The van der Waals surface area contributed by atoms with Gasteiger partial charge in [-0.1, -0.05) is 19.1 Å². The molecule has 2 N–H and O–H groups in total. The van der Waals surface area contributed by atoms with Crippen LogP contribution in [0.1, 0.15) is 31.9 Å². The second-order valence-electron chi connectivity index (χ2n) is 4.22. The lowest BCUT2D eigenvalue weighted by Crippen LogP contribution is -2.07. The number of hydrogen-bond donors (Lipinski definition) is 1. The van der Waals surface area contributed by atoms with Gasteiger partial charge in [0.1, 0.15) is 5.75 Å². The van der Waals surface area contributed by atoms with E-state index in [4.69, 9.17) is 10.5 Å². The molecule has 1 atom stereocenters. The topological polar surface area (TPSA) is 53.1 Å². The molecular formula is C14H19N3O. The fourth-order valence-corrected chi connectivity index (χ4v) is 1.73. The van der Waals surface area contributed by atoms with Crippen molar-refractivity contribution in [2.24, 2.45) is 5.73 Å². The maximum atomic E-state index is 5.96. The van der Waals surface area contributed by atoms with Gasteiger partial charge < -0.3 is 10.5 Å². The summed E-state index contributed by atoms with van der Waals surface area (Å²) >= 11 is 0. The van der Waals surface area contributed by atoms with Crippen molar-refractivity contribution in [1.82, 2.24) is 9.78 Å². The van der Waals surface area contributed by atoms with Gasteiger partial charge >= 0.3 is 0 Å². The Bertz CT molecular complexity index is 490. The van der Waals surface area contributed by atoms with Crippen molar-refractivity contribution in [3.63, 3.8) is 0 Å². The smallest absolute Gasteiger partial charge is 0.165 e. The minimum atomic E-state index is 0.0990.